The molecule has 0 spiro atoms. The molecular formula is C10H8ClNS. The molecule has 3 heteroatoms. The average molecular weight is 210 g/mol. The molecule has 1 nitrogen and oxygen atoms in total. The third-order valence-corrected chi connectivity index (χ3v) is 2.84. The van der Waals surface area contributed by atoms with Gasteiger partial charge in [0.2, 0.25) is 0 Å². The lowest BCUT2D eigenvalue weighted by molar-refractivity contribution is 1.38. The van der Waals surface area contributed by atoms with Gasteiger partial charge in [-0.25, -0.2) is 4.98 Å². The first-order valence-corrected chi connectivity index (χ1v) is 5.19. The highest BCUT2D eigenvalue weighted by Crippen LogP contribution is 2.26. The van der Waals surface area contributed by atoms with Crippen LogP contribution < -0.4 is 0 Å². The van der Waals surface area contributed by atoms with Crippen LogP contribution in [0.4, 0.5) is 0 Å². The van der Waals surface area contributed by atoms with Crippen LogP contribution in [0.2, 0.25) is 5.02 Å². The number of aryl methyl sites for hydroxylation is 1. The fraction of sp³-hybridized carbons (Fsp3) is 0.100. The maximum Gasteiger partial charge on any atom is 0.0840 e. The fourth-order valence-corrected chi connectivity index (χ4v) is 2.01. The van der Waals surface area contributed by atoms with Crippen molar-refractivity contribution in [3.8, 4) is 11.3 Å². The Morgan fingerprint density at radius 3 is 2.85 bits per heavy atom. The Kier molecular flexibility index (Phi) is 2.34. The molecule has 0 aliphatic carbocycles. The molecule has 2 aromatic rings. The Morgan fingerprint density at radius 1 is 1.38 bits per heavy atom. The average Bonchev–Trinajstić information content (AvgIpc) is 2.51. The van der Waals surface area contributed by atoms with Crippen LogP contribution in [0.25, 0.3) is 11.3 Å². The summed E-state index contributed by atoms with van der Waals surface area (Å²) >= 11 is 7.54. The minimum Gasteiger partial charge on any atom is -0.244 e. The number of halogens is 1. The third-order valence-electron chi connectivity index (χ3n) is 1.84. The zero-order chi connectivity index (χ0) is 9.26. The van der Waals surface area contributed by atoms with Crippen molar-refractivity contribution in [3.63, 3.8) is 0 Å². The molecule has 1 aromatic heterocycles. The second-order valence-corrected chi connectivity index (χ2v) is 4.26. The Labute approximate surface area is 86.0 Å². The van der Waals surface area contributed by atoms with Gasteiger partial charge in [-0.3, -0.25) is 0 Å². The quantitative estimate of drug-likeness (QED) is 0.697. The molecule has 1 heterocycles. The summed E-state index contributed by atoms with van der Waals surface area (Å²) in [7, 11) is 0. The van der Waals surface area contributed by atoms with Gasteiger partial charge in [0.1, 0.15) is 0 Å². The SMILES string of the molecule is Cc1scnc1-c1cccc(Cl)c1. The van der Waals surface area contributed by atoms with E-state index in [1.807, 2.05) is 29.8 Å². The van der Waals surface area contributed by atoms with Gasteiger partial charge in [-0.1, -0.05) is 23.7 Å². The Hall–Kier alpha value is -0.860. The summed E-state index contributed by atoms with van der Waals surface area (Å²) < 4.78 is 0. The van der Waals surface area contributed by atoms with Gasteiger partial charge >= 0.3 is 0 Å². The van der Waals surface area contributed by atoms with Crippen LogP contribution >= 0.6 is 22.9 Å². The molecule has 2 rings (SSSR count). The van der Waals surface area contributed by atoms with E-state index in [0.717, 1.165) is 16.3 Å². The van der Waals surface area contributed by atoms with Crippen LogP contribution in [0.3, 0.4) is 0 Å². The summed E-state index contributed by atoms with van der Waals surface area (Å²) in [6.45, 7) is 2.06. The topological polar surface area (TPSA) is 12.9 Å². The number of hydrogen-bond donors (Lipinski definition) is 0. The van der Waals surface area contributed by atoms with E-state index in [1.165, 1.54) is 4.88 Å². The van der Waals surface area contributed by atoms with E-state index in [-0.39, 0.29) is 0 Å². The number of aromatic nitrogens is 1. The molecule has 0 amide bonds. The van der Waals surface area contributed by atoms with E-state index in [1.54, 1.807) is 11.3 Å². The van der Waals surface area contributed by atoms with Crippen LogP contribution in [-0.2, 0) is 0 Å². The lowest BCUT2D eigenvalue weighted by Gasteiger charge is -1.98. The molecule has 13 heavy (non-hydrogen) atoms. The molecule has 0 N–H and O–H groups in total. The fourth-order valence-electron chi connectivity index (χ4n) is 1.22. The first-order valence-electron chi connectivity index (χ1n) is 3.93. The van der Waals surface area contributed by atoms with Crippen molar-refractivity contribution >= 4 is 22.9 Å². The summed E-state index contributed by atoms with van der Waals surface area (Å²) in [5, 5.41) is 0.755. The van der Waals surface area contributed by atoms with Gasteiger partial charge in [0.25, 0.3) is 0 Å². The summed E-state index contributed by atoms with van der Waals surface area (Å²) in [5.41, 5.74) is 3.98. The Morgan fingerprint density at radius 2 is 2.23 bits per heavy atom. The van der Waals surface area contributed by atoms with Crippen molar-refractivity contribution in [1.29, 1.82) is 0 Å². The summed E-state index contributed by atoms with van der Waals surface area (Å²) in [6, 6.07) is 7.76. The van der Waals surface area contributed by atoms with E-state index in [2.05, 4.69) is 11.9 Å². The van der Waals surface area contributed by atoms with E-state index < -0.39 is 0 Å². The zero-order valence-corrected chi connectivity index (χ0v) is 8.69. The number of thiazole rings is 1. The van der Waals surface area contributed by atoms with Gasteiger partial charge in [-0.05, 0) is 19.1 Å². The number of nitrogens with zero attached hydrogens (tertiary/aromatic N) is 1. The molecule has 0 radical (unpaired) electrons. The van der Waals surface area contributed by atoms with Crippen LogP contribution in [0.5, 0.6) is 0 Å². The lowest BCUT2D eigenvalue weighted by Crippen LogP contribution is -1.79. The van der Waals surface area contributed by atoms with Crippen molar-refractivity contribution in [3.05, 3.63) is 39.7 Å². The van der Waals surface area contributed by atoms with Crippen molar-refractivity contribution < 1.29 is 0 Å². The highest BCUT2D eigenvalue weighted by Gasteiger charge is 2.04. The molecule has 0 unspecified atom stereocenters. The van der Waals surface area contributed by atoms with Gasteiger partial charge < -0.3 is 0 Å². The van der Waals surface area contributed by atoms with Gasteiger partial charge in [0.15, 0.2) is 0 Å². The van der Waals surface area contributed by atoms with Crippen LogP contribution in [-0.4, -0.2) is 4.98 Å². The molecule has 0 saturated carbocycles. The normalized spacial score (nSPS) is 10.3. The Balaban J connectivity index is 2.53. The molecule has 0 saturated heterocycles. The molecular weight excluding hydrogens is 202 g/mol. The molecule has 0 atom stereocenters. The predicted octanol–water partition coefficient (Wildman–Crippen LogP) is 3.77. The standard InChI is InChI=1S/C10H8ClNS/c1-7-10(12-6-13-7)8-3-2-4-9(11)5-8/h2-6H,1H3. The third kappa shape index (κ3) is 1.74. The smallest absolute Gasteiger partial charge is 0.0840 e. The zero-order valence-electron chi connectivity index (χ0n) is 7.12. The summed E-state index contributed by atoms with van der Waals surface area (Å²) in [5.74, 6) is 0. The molecule has 0 bridgehead atoms. The van der Waals surface area contributed by atoms with Gasteiger partial charge in [0.05, 0.1) is 11.2 Å². The van der Waals surface area contributed by atoms with Crippen molar-refractivity contribution in [1.82, 2.24) is 4.98 Å². The predicted molar refractivity (Wildman–Crippen MR) is 57.3 cm³/mol. The molecule has 1 aromatic carbocycles. The number of benzene rings is 1. The first kappa shape index (κ1) is 8.73. The summed E-state index contributed by atoms with van der Waals surface area (Å²) in [6.07, 6.45) is 0. The largest absolute Gasteiger partial charge is 0.244 e. The minimum absolute atomic E-state index is 0.755. The van der Waals surface area contributed by atoms with Crippen LogP contribution in [0.1, 0.15) is 4.88 Å². The van der Waals surface area contributed by atoms with Crippen molar-refractivity contribution in [2.24, 2.45) is 0 Å². The second kappa shape index (κ2) is 3.48. The second-order valence-electron chi connectivity index (χ2n) is 2.77. The molecule has 0 aliphatic heterocycles. The molecule has 0 fully saturated rings. The molecule has 0 aliphatic rings. The van der Waals surface area contributed by atoms with Crippen molar-refractivity contribution in [2.45, 2.75) is 6.92 Å². The maximum atomic E-state index is 5.89. The number of rotatable bonds is 1. The lowest BCUT2D eigenvalue weighted by atomic mass is 10.1. The van der Waals surface area contributed by atoms with E-state index >= 15 is 0 Å². The van der Waals surface area contributed by atoms with E-state index in [9.17, 15) is 0 Å². The van der Waals surface area contributed by atoms with Crippen LogP contribution in [0, 0.1) is 6.92 Å². The highest BCUT2D eigenvalue weighted by atomic mass is 35.5. The van der Waals surface area contributed by atoms with Crippen LogP contribution in [0.15, 0.2) is 29.8 Å². The van der Waals surface area contributed by atoms with E-state index in [0.29, 0.717) is 0 Å². The molecule has 66 valence electrons. The first-order chi connectivity index (χ1) is 6.27. The van der Waals surface area contributed by atoms with Crippen molar-refractivity contribution in [2.75, 3.05) is 0 Å². The summed E-state index contributed by atoms with van der Waals surface area (Å²) in [4.78, 5) is 5.51. The van der Waals surface area contributed by atoms with Gasteiger partial charge in [-0.2, -0.15) is 0 Å². The van der Waals surface area contributed by atoms with E-state index in [4.69, 9.17) is 11.6 Å². The minimum atomic E-state index is 0.755. The van der Waals surface area contributed by atoms with Gasteiger partial charge in [-0.15, -0.1) is 11.3 Å². The highest BCUT2D eigenvalue weighted by molar-refractivity contribution is 7.10. The number of hydrogen-bond acceptors (Lipinski definition) is 2. The Bertz CT molecular complexity index is 422. The maximum absolute atomic E-state index is 5.89. The van der Waals surface area contributed by atoms with Gasteiger partial charge in [0, 0.05) is 15.5 Å². The monoisotopic (exact) mass is 209 g/mol.